The van der Waals surface area contributed by atoms with Gasteiger partial charge in [-0.05, 0) is 53.6 Å². The zero-order valence-corrected chi connectivity index (χ0v) is 14.2. The third-order valence-electron chi connectivity index (χ3n) is 4.76. The van der Waals surface area contributed by atoms with Crippen LogP contribution in [0.4, 0.5) is 0 Å². The summed E-state index contributed by atoms with van der Waals surface area (Å²) in [5, 5.41) is 3.94. The average Bonchev–Trinajstić information content (AvgIpc) is 3.31. The Labute approximate surface area is 147 Å². The smallest absolute Gasteiger partial charge is 0.224 e. The number of hydrogen-bond donors (Lipinski definition) is 1. The Hall–Kier alpha value is -2.00. The largest absolute Gasteiger partial charge is 0.493 e. The zero-order chi connectivity index (χ0) is 16.5. The first-order valence-corrected chi connectivity index (χ1v) is 8.86. The highest BCUT2D eigenvalue weighted by Crippen LogP contribution is 2.41. The number of benzene rings is 2. The van der Waals surface area contributed by atoms with Crippen molar-refractivity contribution < 1.29 is 9.53 Å². The second kappa shape index (κ2) is 6.48. The normalized spacial score (nSPS) is 17.0. The van der Waals surface area contributed by atoms with Crippen LogP contribution in [0.1, 0.15) is 35.6 Å². The van der Waals surface area contributed by atoms with Crippen molar-refractivity contribution in [1.82, 2.24) is 5.32 Å². The van der Waals surface area contributed by atoms with Gasteiger partial charge in [0.05, 0.1) is 19.1 Å². The van der Waals surface area contributed by atoms with Gasteiger partial charge in [0, 0.05) is 11.4 Å². The number of nitrogens with one attached hydrogen (secondary N) is 1. The Morgan fingerprint density at radius 3 is 2.75 bits per heavy atom. The molecule has 0 radical (unpaired) electrons. The van der Waals surface area contributed by atoms with Gasteiger partial charge >= 0.3 is 0 Å². The van der Waals surface area contributed by atoms with Crippen LogP contribution in [0.15, 0.2) is 42.5 Å². The van der Waals surface area contributed by atoms with E-state index in [1.807, 2.05) is 36.4 Å². The minimum Gasteiger partial charge on any atom is -0.493 e. The maximum absolute atomic E-state index is 12.5. The number of amides is 1. The Bertz CT molecular complexity index is 753. The van der Waals surface area contributed by atoms with E-state index in [2.05, 4.69) is 11.4 Å². The molecular weight excluding hydrogens is 322 g/mol. The molecule has 1 aliphatic carbocycles. The summed E-state index contributed by atoms with van der Waals surface area (Å²) in [6.45, 7) is 0.741. The molecule has 1 saturated carbocycles. The van der Waals surface area contributed by atoms with Gasteiger partial charge in [0.1, 0.15) is 5.75 Å². The number of halogens is 1. The molecule has 0 bridgehead atoms. The van der Waals surface area contributed by atoms with Crippen LogP contribution >= 0.6 is 11.6 Å². The van der Waals surface area contributed by atoms with Crippen LogP contribution in [-0.2, 0) is 17.6 Å². The molecule has 4 rings (SSSR count). The Balaban J connectivity index is 1.44. The quantitative estimate of drug-likeness (QED) is 0.889. The summed E-state index contributed by atoms with van der Waals surface area (Å²) < 4.78 is 5.52. The topological polar surface area (TPSA) is 38.3 Å². The third-order valence-corrected chi connectivity index (χ3v) is 5.01. The summed E-state index contributed by atoms with van der Waals surface area (Å²) in [6.07, 6.45) is 3.68. The molecule has 0 saturated heterocycles. The molecule has 1 atom stereocenters. The van der Waals surface area contributed by atoms with E-state index >= 15 is 0 Å². The van der Waals surface area contributed by atoms with Crippen LogP contribution in [0.25, 0.3) is 0 Å². The van der Waals surface area contributed by atoms with Gasteiger partial charge in [-0.2, -0.15) is 0 Å². The minimum absolute atomic E-state index is 0.0701. The van der Waals surface area contributed by atoms with Gasteiger partial charge in [-0.15, -0.1) is 0 Å². The van der Waals surface area contributed by atoms with Crippen molar-refractivity contribution in [1.29, 1.82) is 0 Å². The van der Waals surface area contributed by atoms with Crippen molar-refractivity contribution in [3.05, 3.63) is 64.2 Å². The molecule has 124 valence electrons. The lowest BCUT2D eigenvalue weighted by molar-refractivity contribution is -0.121. The summed E-state index contributed by atoms with van der Waals surface area (Å²) in [4.78, 5) is 12.5. The average molecular weight is 342 g/mol. The van der Waals surface area contributed by atoms with Crippen LogP contribution in [0.3, 0.4) is 0 Å². The Morgan fingerprint density at radius 1 is 1.21 bits per heavy atom. The molecule has 2 aliphatic rings. The van der Waals surface area contributed by atoms with Gasteiger partial charge < -0.3 is 10.1 Å². The first kappa shape index (κ1) is 15.5. The molecule has 0 spiro atoms. The van der Waals surface area contributed by atoms with Crippen molar-refractivity contribution in [3.8, 4) is 5.75 Å². The maximum atomic E-state index is 12.5. The fourth-order valence-electron chi connectivity index (χ4n) is 3.33. The number of carbonyl (C=O) groups excluding carboxylic acids is 1. The highest BCUT2D eigenvalue weighted by atomic mass is 35.5. The van der Waals surface area contributed by atoms with E-state index in [1.165, 1.54) is 18.4 Å². The number of ether oxygens (including phenoxy) is 1. The van der Waals surface area contributed by atoms with Gasteiger partial charge in [0.15, 0.2) is 0 Å². The van der Waals surface area contributed by atoms with Crippen LogP contribution in [-0.4, -0.2) is 12.5 Å². The minimum atomic E-state index is 0.0701. The second-order valence-corrected chi connectivity index (χ2v) is 7.09. The highest BCUT2D eigenvalue weighted by Gasteiger charge is 2.33. The molecule has 1 unspecified atom stereocenters. The molecule has 0 aromatic heterocycles. The molecule has 1 fully saturated rings. The van der Waals surface area contributed by atoms with Crippen molar-refractivity contribution >= 4 is 17.5 Å². The monoisotopic (exact) mass is 341 g/mol. The van der Waals surface area contributed by atoms with Gasteiger partial charge in [-0.3, -0.25) is 4.79 Å². The molecule has 2 aromatic rings. The van der Waals surface area contributed by atoms with Crippen molar-refractivity contribution in [3.63, 3.8) is 0 Å². The summed E-state index contributed by atoms with van der Waals surface area (Å²) in [7, 11) is 0. The molecule has 24 heavy (non-hydrogen) atoms. The van der Waals surface area contributed by atoms with Crippen molar-refractivity contribution in [2.45, 2.75) is 31.7 Å². The predicted octanol–water partition coefficient (Wildman–Crippen LogP) is 4.08. The standard InChI is InChI=1S/C20H20ClNO2/c21-17-6-4-15(5-7-17)20(14-2-3-14)22-19(23)12-13-1-8-18-16(11-13)9-10-24-18/h1,4-8,11,14,20H,2-3,9-10,12H2,(H,22,23). The van der Waals surface area contributed by atoms with Crippen LogP contribution < -0.4 is 10.1 Å². The van der Waals surface area contributed by atoms with E-state index in [4.69, 9.17) is 16.3 Å². The number of rotatable bonds is 5. The Morgan fingerprint density at radius 2 is 2.00 bits per heavy atom. The molecule has 4 heteroatoms. The molecule has 1 N–H and O–H groups in total. The second-order valence-electron chi connectivity index (χ2n) is 6.65. The van der Waals surface area contributed by atoms with E-state index in [1.54, 1.807) is 0 Å². The molecule has 2 aromatic carbocycles. The number of fused-ring (bicyclic) bond motifs is 1. The SMILES string of the molecule is O=C(Cc1ccc2c(c1)CCO2)NC(c1ccc(Cl)cc1)C1CC1. The van der Waals surface area contributed by atoms with Gasteiger partial charge in [0.2, 0.25) is 5.91 Å². The highest BCUT2D eigenvalue weighted by molar-refractivity contribution is 6.30. The maximum Gasteiger partial charge on any atom is 0.224 e. The zero-order valence-electron chi connectivity index (χ0n) is 13.4. The Kier molecular flexibility index (Phi) is 4.19. The predicted molar refractivity (Wildman–Crippen MR) is 94.4 cm³/mol. The molecule has 1 aliphatic heterocycles. The van der Waals surface area contributed by atoms with E-state index in [0.717, 1.165) is 34.9 Å². The lowest BCUT2D eigenvalue weighted by Gasteiger charge is -2.19. The summed E-state index contributed by atoms with van der Waals surface area (Å²) in [6, 6.07) is 13.9. The van der Waals surface area contributed by atoms with Gasteiger partial charge in [-0.25, -0.2) is 0 Å². The molecule has 1 amide bonds. The van der Waals surface area contributed by atoms with Gasteiger partial charge in [-0.1, -0.05) is 35.9 Å². The van der Waals surface area contributed by atoms with Crippen LogP contribution in [0.5, 0.6) is 5.75 Å². The number of hydrogen-bond acceptors (Lipinski definition) is 2. The van der Waals surface area contributed by atoms with Crippen LogP contribution in [0, 0.1) is 5.92 Å². The third kappa shape index (κ3) is 3.41. The van der Waals surface area contributed by atoms with E-state index in [0.29, 0.717) is 12.3 Å². The fourth-order valence-corrected chi connectivity index (χ4v) is 3.46. The first-order chi connectivity index (χ1) is 11.7. The van der Waals surface area contributed by atoms with Crippen molar-refractivity contribution in [2.24, 2.45) is 5.92 Å². The lowest BCUT2D eigenvalue weighted by atomic mass is 10.0. The first-order valence-electron chi connectivity index (χ1n) is 8.48. The van der Waals surface area contributed by atoms with Crippen LogP contribution in [0.2, 0.25) is 5.02 Å². The molecular formula is C20H20ClNO2. The summed E-state index contributed by atoms with van der Waals surface area (Å²) in [5.74, 6) is 1.57. The molecule has 1 heterocycles. The fraction of sp³-hybridized carbons (Fsp3) is 0.350. The van der Waals surface area contributed by atoms with E-state index < -0.39 is 0 Å². The van der Waals surface area contributed by atoms with E-state index in [9.17, 15) is 4.79 Å². The summed E-state index contributed by atoms with van der Waals surface area (Å²) >= 11 is 5.97. The van der Waals surface area contributed by atoms with E-state index in [-0.39, 0.29) is 11.9 Å². The number of carbonyl (C=O) groups is 1. The van der Waals surface area contributed by atoms with Gasteiger partial charge in [0.25, 0.3) is 0 Å². The molecule has 3 nitrogen and oxygen atoms in total. The van der Waals surface area contributed by atoms with Crippen molar-refractivity contribution in [2.75, 3.05) is 6.61 Å². The summed E-state index contributed by atoms with van der Waals surface area (Å²) in [5.41, 5.74) is 3.39. The lowest BCUT2D eigenvalue weighted by Crippen LogP contribution is -2.31.